The zero-order valence-corrected chi connectivity index (χ0v) is 24.0. The van der Waals surface area contributed by atoms with Crippen molar-refractivity contribution in [2.24, 2.45) is 0 Å². The molecule has 0 radical (unpaired) electrons. The standard InChI is InChI=1S/C29H29N7O3S2/c37-28-26(41-29(40)36(28)10-2-4-27-31-33-34-32-27)18-20-5-8-25(39-16-13-35-11-14-38-15-12-35)23(17-20)21-6-7-24-22(19-21)3-1-9-30-24/h1,3,5-9,17-19H,2,4,10-16H2,(H,31,32,33,34). The van der Waals surface area contributed by atoms with E-state index in [2.05, 4.69) is 54.8 Å². The number of benzene rings is 2. The second kappa shape index (κ2) is 12.9. The van der Waals surface area contributed by atoms with Crippen molar-refractivity contribution in [3.05, 3.63) is 71.0 Å². The Morgan fingerprint density at radius 1 is 1.12 bits per heavy atom. The van der Waals surface area contributed by atoms with Crippen LogP contribution in [0.4, 0.5) is 0 Å². The van der Waals surface area contributed by atoms with Crippen LogP contribution in [0.5, 0.6) is 5.75 Å². The molecule has 4 heterocycles. The third-order valence-corrected chi connectivity index (χ3v) is 8.41. The van der Waals surface area contributed by atoms with Crippen LogP contribution in [-0.4, -0.2) is 91.6 Å². The Morgan fingerprint density at radius 3 is 2.88 bits per heavy atom. The molecule has 4 aromatic rings. The highest BCUT2D eigenvalue weighted by Crippen LogP contribution is 2.36. The number of nitrogens with one attached hydrogen (secondary N) is 1. The van der Waals surface area contributed by atoms with Gasteiger partial charge < -0.3 is 9.47 Å². The molecule has 1 amide bonds. The quantitative estimate of drug-likeness (QED) is 0.216. The molecule has 10 nitrogen and oxygen atoms in total. The van der Waals surface area contributed by atoms with Gasteiger partial charge in [-0.2, -0.15) is 5.21 Å². The Kier molecular flexibility index (Phi) is 8.61. The molecule has 2 fully saturated rings. The van der Waals surface area contributed by atoms with Gasteiger partial charge in [0.25, 0.3) is 5.91 Å². The molecule has 210 valence electrons. The lowest BCUT2D eigenvalue weighted by Gasteiger charge is -2.26. The van der Waals surface area contributed by atoms with Crippen LogP contribution in [0.2, 0.25) is 0 Å². The van der Waals surface area contributed by atoms with Gasteiger partial charge in [-0.1, -0.05) is 47.4 Å². The van der Waals surface area contributed by atoms with Crippen LogP contribution in [0, 0.1) is 0 Å². The van der Waals surface area contributed by atoms with Gasteiger partial charge in [0.05, 0.1) is 23.6 Å². The van der Waals surface area contributed by atoms with E-state index in [1.165, 1.54) is 11.8 Å². The molecule has 2 aromatic heterocycles. The van der Waals surface area contributed by atoms with E-state index in [0.29, 0.717) is 41.0 Å². The molecule has 41 heavy (non-hydrogen) atoms. The molecule has 0 atom stereocenters. The molecule has 2 aromatic carbocycles. The summed E-state index contributed by atoms with van der Waals surface area (Å²) in [4.78, 5) is 22.3. The second-order valence-corrected chi connectivity index (χ2v) is 11.4. The summed E-state index contributed by atoms with van der Waals surface area (Å²) < 4.78 is 12.3. The summed E-state index contributed by atoms with van der Waals surface area (Å²) >= 11 is 6.86. The Bertz CT molecular complexity index is 1570. The van der Waals surface area contributed by atoms with E-state index in [1.54, 1.807) is 11.1 Å². The number of aromatic nitrogens is 5. The average molecular weight is 588 g/mol. The summed E-state index contributed by atoms with van der Waals surface area (Å²) in [5.74, 6) is 1.33. The molecule has 2 aliphatic heterocycles. The Balaban J connectivity index is 1.22. The van der Waals surface area contributed by atoms with Gasteiger partial charge in [-0.25, -0.2) is 0 Å². The third kappa shape index (κ3) is 6.62. The lowest BCUT2D eigenvalue weighted by Crippen LogP contribution is -2.38. The normalized spacial score (nSPS) is 17.2. The zero-order chi connectivity index (χ0) is 28.0. The van der Waals surface area contributed by atoms with E-state index < -0.39 is 0 Å². The SMILES string of the molecule is O=C1C(=Cc2ccc(OCCN3CCOCC3)c(-c3ccc4ncccc4c3)c2)SC(=S)N1CCCc1nn[nH]n1. The molecule has 0 aliphatic carbocycles. The molecule has 6 rings (SSSR count). The number of thioether (sulfide) groups is 1. The van der Waals surface area contributed by atoms with Gasteiger partial charge in [0.15, 0.2) is 5.82 Å². The minimum Gasteiger partial charge on any atom is -0.492 e. The van der Waals surface area contributed by atoms with Crippen molar-refractivity contribution in [1.82, 2.24) is 35.4 Å². The molecule has 0 bridgehead atoms. The van der Waals surface area contributed by atoms with Crippen molar-refractivity contribution in [3.8, 4) is 16.9 Å². The van der Waals surface area contributed by atoms with Crippen molar-refractivity contribution in [2.75, 3.05) is 46.0 Å². The number of aromatic amines is 1. The number of thiocarbonyl (C=S) groups is 1. The van der Waals surface area contributed by atoms with Crippen LogP contribution in [0.3, 0.4) is 0 Å². The third-order valence-electron chi connectivity index (χ3n) is 7.03. The van der Waals surface area contributed by atoms with Crippen LogP contribution in [0.1, 0.15) is 17.8 Å². The Labute approximate surface area is 247 Å². The van der Waals surface area contributed by atoms with E-state index in [1.807, 2.05) is 30.3 Å². The lowest BCUT2D eigenvalue weighted by molar-refractivity contribution is -0.122. The topological polar surface area (TPSA) is 109 Å². The first-order chi connectivity index (χ1) is 20.1. The van der Waals surface area contributed by atoms with Gasteiger partial charge in [-0.05, 0) is 54.0 Å². The minimum absolute atomic E-state index is 0.0859. The molecule has 12 heteroatoms. The minimum atomic E-state index is -0.0859. The number of amides is 1. The molecular formula is C29H29N7O3S2. The number of tetrazole rings is 1. The number of hydrogen-bond acceptors (Lipinski definition) is 10. The van der Waals surface area contributed by atoms with E-state index >= 15 is 0 Å². The number of carbonyl (C=O) groups is 1. The monoisotopic (exact) mass is 587 g/mol. The first-order valence-corrected chi connectivity index (χ1v) is 14.8. The number of carbonyl (C=O) groups excluding carboxylic acids is 1. The van der Waals surface area contributed by atoms with Crippen molar-refractivity contribution in [2.45, 2.75) is 12.8 Å². The summed E-state index contributed by atoms with van der Waals surface area (Å²) in [5, 5.41) is 15.0. The molecule has 0 spiro atoms. The number of aryl methyl sites for hydroxylation is 1. The largest absolute Gasteiger partial charge is 0.492 e. The maximum atomic E-state index is 13.2. The number of ether oxygens (including phenoxy) is 2. The maximum absolute atomic E-state index is 13.2. The molecular weight excluding hydrogens is 558 g/mol. The number of rotatable bonds is 10. The van der Waals surface area contributed by atoms with Gasteiger partial charge in [-0.3, -0.25) is 19.6 Å². The molecule has 0 saturated carbocycles. The van der Waals surface area contributed by atoms with Crippen LogP contribution in [0.25, 0.3) is 28.1 Å². The van der Waals surface area contributed by atoms with Crippen LogP contribution < -0.4 is 4.74 Å². The zero-order valence-electron chi connectivity index (χ0n) is 22.4. The summed E-state index contributed by atoms with van der Waals surface area (Å²) in [6.07, 6.45) is 5.01. The van der Waals surface area contributed by atoms with Gasteiger partial charge in [0.1, 0.15) is 16.7 Å². The van der Waals surface area contributed by atoms with Crippen molar-refractivity contribution >= 4 is 51.2 Å². The summed E-state index contributed by atoms with van der Waals surface area (Å²) in [6.45, 7) is 5.27. The van der Waals surface area contributed by atoms with Crippen molar-refractivity contribution < 1.29 is 14.3 Å². The molecule has 2 saturated heterocycles. The molecule has 2 aliphatic rings. The number of nitrogens with zero attached hydrogens (tertiary/aromatic N) is 6. The summed E-state index contributed by atoms with van der Waals surface area (Å²) in [6, 6.07) is 16.2. The fourth-order valence-corrected chi connectivity index (χ4v) is 6.18. The van der Waals surface area contributed by atoms with Gasteiger partial charge in [-0.15, -0.1) is 10.2 Å². The van der Waals surface area contributed by atoms with Gasteiger partial charge in [0.2, 0.25) is 0 Å². The summed E-state index contributed by atoms with van der Waals surface area (Å²) in [5.41, 5.74) is 3.82. The highest BCUT2D eigenvalue weighted by Gasteiger charge is 2.31. The highest BCUT2D eigenvalue weighted by atomic mass is 32.2. The van der Waals surface area contributed by atoms with Gasteiger partial charge in [0, 0.05) is 49.7 Å². The number of hydrogen-bond donors (Lipinski definition) is 1. The number of fused-ring (bicyclic) bond motifs is 1. The smallest absolute Gasteiger partial charge is 0.266 e. The first kappa shape index (κ1) is 27.5. The number of H-pyrrole nitrogens is 1. The van der Waals surface area contributed by atoms with Crippen LogP contribution in [0.15, 0.2) is 59.6 Å². The second-order valence-electron chi connectivity index (χ2n) is 9.73. The molecule has 0 unspecified atom stereocenters. The fourth-order valence-electron chi connectivity index (χ4n) is 4.87. The van der Waals surface area contributed by atoms with Gasteiger partial charge >= 0.3 is 0 Å². The lowest BCUT2D eigenvalue weighted by atomic mass is 9.99. The summed E-state index contributed by atoms with van der Waals surface area (Å²) in [7, 11) is 0. The van der Waals surface area contributed by atoms with E-state index in [9.17, 15) is 4.79 Å². The molecule has 1 N–H and O–H groups in total. The van der Waals surface area contributed by atoms with Crippen molar-refractivity contribution in [1.29, 1.82) is 0 Å². The average Bonchev–Trinajstić information content (AvgIpc) is 3.62. The van der Waals surface area contributed by atoms with Crippen molar-refractivity contribution in [3.63, 3.8) is 0 Å². The van der Waals surface area contributed by atoms with E-state index in [4.69, 9.17) is 21.7 Å². The number of pyridine rings is 1. The van der Waals surface area contributed by atoms with Crippen LogP contribution >= 0.6 is 24.0 Å². The number of morpholine rings is 1. The van der Waals surface area contributed by atoms with E-state index in [0.717, 1.165) is 66.2 Å². The Hall–Kier alpha value is -3.71. The van der Waals surface area contributed by atoms with E-state index in [-0.39, 0.29) is 5.91 Å². The van der Waals surface area contributed by atoms with Crippen LogP contribution in [-0.2, 0) is 16.0 Å². The highest BCUT2D eigenvalue weighted by molar-refractivity contribution is 8.26. The predicted molar refractivity (Wildman–Crippen MR) is 162 cm³/mol. The fraction of sp³-hybridized carbons (Fsp3) is 0.310. The Morgan fingerprint density at radius 2 is 2.02 bits per heavy atom. The maximum Gasteiger partial charge on any atom is 0.266 e. The predicted octanol–water partition coefficient (Wildman–Crippen LogP) is 3.96. The first-order valence-electron chi connectivity index (χ1n) is 13.5.